The van der Waals surface area contributed by atoms with E-state index in [1.807, 2.05) is 31.2 Å². The number of carboxylic acids is 1. The number of benzene rings is 3. The first kappa shape index (κ1) is 27.4. The van der Waals surface area contributed by atoms with E-state index in [1.54, 1.807) is 35.6 Å². The van der Waals surface area contributed by atoms with Gasteiger partial charge in [-0.1, -0.05) is 69.5 Å². The predicted molar refractivity (Wildman–Crippen MR) is 160 cm³/mol. The van der Waals surface area contributed by atoms with Crippen molar-refractivity contribution in [3.63, 3.8) is 0 Å². The highest BCUT2D eigenvalue weighted by atomic mass is 32.1. The minimum atomic E-state index is -0.925. The summed E-state index contributed by atoms with van der Waals surface area (Å²) < 4.78 is 0. The molecule has 1 fully saturated rings. The molecule has 0 radical (unpaired) electrons. The Morgan fingerprint density at radius 1 is 0.947 bits per heavy atom. The predicted octanol–water partition coefficient (Wildman–Crippen LogP) is 8.96. The van der Waals surface area contributed by atoms with E-state index in [4.69, 9.17) is 10.1 Å². The molecule has 5 nitrogen and oxygen atoms in total. The van der Waals surface area contributed by atoms with Gasteiger partial charge in [0.1, 0.15) is 0 Å². The van der Waals surface area contributed by atoms with Gasteiger partial charge in [0.25, 0.3) is 0 Å². The Morgan fingerprint density at radius 2 is 1.61 bits per heavy atom. The van der Waals surface area contributed by atoms with Gasteiger partial charge in [-0.2, -0.15) is 0 Å². The van der Waals surface area contributed by atoms with Gasteiger partial charge >= 0.3 is 5.97 Å². The minimum Gasteiger partial charge on any atom is -0.478 e. The van der Waals surface area contributed by atoms with E-state index in [-0.39, 0.29) is 5.56 Å². The molecule has 1 aromatic heterocycles. The molecule has 6 heteroatoms. The first-order valence-corrected chi connectivity index (χ1v) is 14.4. The highest BCUT2D eigenvalue weighted by molar-refractivity contribution is 7.14. The molecule has 0 unspecified atom stereocenters. The summed E-state index contributed by atoms with van der Waals surface area (Å²) in [6, 6.07) is 24.3. The molecule has 0 aliphatic heterocycles. The van der Waals surface area contributed by atoms with Crippen LogP contribution in [0.15, 0.2) is 78.2 Å². The molecular weight excluding hydrogens is 490 g/mol. The number of carbonyl (C=O) groups is 1. The van der Waals surface area contributed by atoms with Crippen LogP contribution in [0, 0.1) is 0 Å². The maximum absolute atomic E-state index is 11.1. The standard InChI is InChI=1S/C30H31N3O2S.C2H6/c1-33(27-17-13-25(14-18-27)29(34)35)30-32-28(20-36-30)24-11-15-26(16-12-24)31-19-21-7-9-23(10-8-21)22-5-3-2-4-6-22;1-2/h7-18,20,22,31H,2-6,19H2,1H3,(H,34,35);1-2H3. The number of carboxylic acid groups (broad SMARTS) is 1. The third-order valence-corrected chi connectivity index (χ3v) is 7.93. The summed E-state index contributed by atoms with van der Waals surface area (Å²) in [5, 5.41) is 15.5. The van der Waals surface area contributed by atoms with Gasteiger partial charge < -0.3 is 15.3 Å². The normalized spacial score (nSPS) is 13.3. The molecular formula is C32H37N3O2S. The van der Waals surface area contributed by atoms with Crippen LogP contribution in [0.5, 0.6) is 0 Å². The maximum Gasteiger partial charge on any atom is 0.335 e. The second kappa shape index (κ2) is 13.2. The maximum atomic E-state index is 11.1. The monoisotopic (exact) mass is 527 g/mol. The topological polar surface area (TPSA) is 65.5 Å². The molecule has 0 amide bonds. The van der Waals surface area contributed by atoms with Crippen LogP contribution >= 0.6 is 11.3 Å². The Labute approximate surface area is 230 Å². The fourth-order valence-electron chi connectivity index (χ4n) is 4.80. The average Bonchev–Trinajstić information content (AvgIpc) is 3.48. The van der Waals surface area contributed by atoms with Gasteiger partial charge in [-0.05, 0) is 66.3 Å². The number of aromatic carboxylic acids is 1. The molecule has 3 aromatic carbocycles. The zero-order valence-electron chi connectivity index (χ0n) is 22.5. The summed E-state index contributed by atoms with van der Waals surface area (Å²) in [4.78, 5) is 17.8. The zero-order chi connectivity index (χ0) is 26.9. The lowest BCUT2D eigenvalue weighted by Crippen LogP contribution is -2.09. The van der Waals surface area contributed by atoms with Crippen molar-refractivity contribution in [2.24, 2.45) is 0 Å². The molecule has 0 atom stereocenters. The average molecular weight is 528 g/mol. The summed E-state index contributed by atoms with van der Waals surface area (Å²) in [6.07, 6.45) is 6.79. The van der Waals surface area contributed by atoms with Crippen molar-refractivity contribution >= 4 is 33.8 Å². The van der Waals surface area contributed by atoms with Gasteiger partial charge in [-0.3, -0.25) is 0 Å². The van der Waals surface area contributed by atoms with Crippen LogP contribution < -0.4 is 10.2 Å². The smallest absolute Gasteiger partial charge is 0.335 e. The number of anilines is 3. The Balaban J connectivity index is 0.00000164. The highest BCUT2D eigenvalue weighted by Gasteiger charge is 2.15. The molecule has 5 rings (SSSR count). The molecule has 1 saturated carbocycles. The van der Waals surface area contributed by atoms with Crippen LogP contribution in [0.2, 0.25) is 0 Å². The van der Waals surface area contributed by atoms with E-state index in [0.717, 1.165) is 40.2 Å². The summed E-state index contributed by atoms with van der Waals surface area (Å²) in [5.74, 6) is -0.178. The first-order valence-electron chi connectivity index (χ1n) is 13.5. The number of aromatic nitrogens is 1. The molecule has 4 aromatic rings. The molecule has 1 aliphatic rings. The van der Waals surface area contributed by atoms with Gasteiger partial charge in [-0.15, -0.1) is 11.3 Å². The van der Waals surface area contributed by atoms with Crippen molar-refractivity contribution in [1.82, 2.24) is 4.98 Å². The lowest BCUT2D eigenvalue weighted by molar-refractivity contribution is 0.0697. The Morgan fingerprint density at radius 3 is 2.24 bits per heavy atom. The van der Waals surface area contributed by atoms with Crippen molar-refractivity contribution < 1.29 is 9.90 Å². The van der Waals surface area contributed by atoms with Crippen LogP contribution in [0.1, 0.15) is 73.4 Å². The van der Waals surface area contributed by atoms with Crippen LogP contribution in [-0.2, 0) is 6.54 Å². The van der Waals surface area contributed by atoms with Crippen LogP contribution in [-0.4, -0.2) is 23.1 Å². The summed E-state index contributed by atoms with van der Waals surface area (Å²) >= 11 is 1.56. The van der Waals surface area contributed by atoms with E-state index < -0.39 is 5.97 Å². The lowest BCUT2D eigenvalue weighted by atomic mass is 9.84. The minimum absolute atomic E-state index is 0.275. The summed E-state index contributed by atoms with van der Waals surface area (Å²) in [7, 11) is 1.94. The number of nitrogens with zero attached hydrogens (tertiary/aromatic N) is 2. The fourth-order valence-corrected chi connectivity index (χ4v) is 5.62. The van der Waals surface area contributed by atoms with E-state index in [2.05, 4.69) is 53.8 Å². The number of hydrogen-bond donors (Lipinski definition) is 2. The molecule has 0 bridgehead atoms. The SMILES string of the molecule is CC.CN(c1ccc(C(=O)O)cc1)c1nc(-c2ccc(NCc3ccc(C4CCCCC4)cc3)cc2)cs1. The molecule has 1 aliphatic carbocycles. The largest absolute Gasteiger partial charge is 0.478 e. The van der Waals surface area contributed by atoms with E-state index >= 15 is 0 Å². The van der Waals surface area contributed by atoms with Gasteiger partial charge in [-0.25, -0.2) is 9.78 Å². The lowest BCUT2D eigenvalue weighted by Gasteiger charge is -2.22. The highest BCUT2D eigenvalue weighted by Crippen LogP contribution is 2.33. The zero-order valence-corrected chi connectivity index (χ0v) is 23.3. The number of rotatable bonds is 8. The molecule has 38 heavy (non-hydrogen) atoms. The Hall–Kier alpha value is -3.64. The van der Waals surface area contributed by atoms with Gasteiger partial charge in [0.05, 0.1) is 11.3 Å². The molecule has 0 saturated heterocycles. The van der Waals surface area contributed by atoms with Gasteiger partial charge in [0.15, 0.2) is 5.13 Å². The summed E-state index contributed by atoms with van der Waals surface area (Å²) in [6.45, 7) is 4.80. The second-order valence-corrected chi connectivity index (χ2v) is 10.3. The molecule has 1 heterocycles. The molecule has 2 N–H and O–H groups in total. The van der Waals surface area contributed by atoms with Crippen molar-refractivity contribution in [2.75, 3.05) is 17.3 Å². The third kappa shape index (κ3) is 6.81. The fraction of sp³-hybridized carbons (Fsp3) is 0.312. The van der Waals surface area contributed by atoms with E-state index in [0.29, 0.717) is 0 Å². The van der Waals surface area contributed by atoms with Crippen molar-refractivity contribution in [2.45, 2.75) is 58.4 Å². The van der Waals surface area contributed by atoms with Crippen LogP contribution in [0.4, 0.5) is 16.5 Å². The van der Waals surface area contributed by atoms with Crippen molar-refractivity contribution in [3.05, 3.63) is 94.9 Å². The molecule has 198 valence electrons. The Bertz CT molecular complexity index is 1290. The van der Waals surface area contributed by atoms with Crippen molar-refractivity contribution in [1.29, 1.82) is 0 Å². The number of thiazole rings is 1. The van der Waals surface area contributed by atoms with Gasteiger partial charge in [0.2, 0.25) is 0 Å². The van der Waals surface area contributed by atoms with Crippen LogP contribution in [0.3, 0.4) is 0 Å². The van der Waals surface area contributed by atoms with E-state index in [9.17, 15) is 4.79 Å². The summed E-state index contributed by atoms with van der Waals surface area (Å²) in [5.41, 5.74) is 7.03. The first-order chi connectivity index (χ1) is 18.6. The Kier molecular flexibility index (Phi) is 9.55. The third-order valence-electron chi connectivity index (χ3n) is 7.01. The number of hydrogen-bond acceptors (Lipinski definition) is 5. The second-order valence-electron chi connectivity index (χ2n) is 9.43. The number of nitrogens with one attached hydrogen (secondary N) is 1. The van der Waals surface area contributed by atoms with E-state index in [1.165, 1.54) is 43.2 Å². The van der Waals surface area contributed by atoms with Crippen LogP contribution in [0.25, 0.3) is 11.3 Å². The van der Waals surface area contributed by atoms with Gasteiger partial charge in [0, 0.05) is 35.9 Å². The quantitative estimate of drug-likeness (QED) is 0.239. The molecule has 0 spiro atoms. The van der Waals surface area contributed by atoms with Crippen molar-refractivity contribution in [3.8, 4) is 11.3 Å².